The number of nitrogens with one attached hydrogen (secondary N) is 1. The van der Waals surface area contributed by atoms with Gasteiger partial charge in [-0.3, -0.25) is 9.78 Å². The van der Waals surface area contributed by atoms with Crippen LogP contribution in [-0.4, -0.2) is 22.1 Å². The van der Waals surface area contributed by atoms with Crippen molar-refractivity contribution in [1.29, 1.82) is 0 Å². The Hall–Kier alpha value is -2.04. The second kappa shape index (κ2) is 4.81. The largest absolute Gasteiger partial charge is 0.399 e. The first kappa shape index (κ1) is 13.0. The van der Waals surface area contributed by atoms with Crippen molar-refractivity contribution in [2.75, 3.05) is 10.6 Å². The maximum absolute atomic E-state index is 12.2. The first-order valence-corrected chi connectivity index (χ1v) is 7.18. The van der Waals surface area contributed by atoms with Crippen LogP contribution in [0.25, 0.3) is 10.9 Å². The van der Waals surface area contributed by atoms with Crippen LogP contribution in [0.4, 0.5) is 11.6 Å². The summed E-state index contributed by atoms with van der Waals surface area (Å²) in [5, 5.41) is 0.550. The van der Waals surface area contributed by atoms with Crippen molar-refractivity contribution in [2.45, 2.75) is 45.2 Å². The molecule has 1 aromatic carbocycles. The molecule has 1 aliphatic rings. The molecule has 20 heavy (non-hydrogen) atoms. The van der Waals surface area contributed by atoms with Crippen molar-refractivity contribution < 1.29 is 0 Å². The minimum atomic E-state index is -0.119. The highest BCUT2D eigenvalue weighted by molar-refractivity contribution is 5.81. The number of H-pyrrole nitrogens is 1. The molecule has 0 radical (unpaired) electrons. The van der Waals surface area contributed by atoms with Crippen molar-refractivity contribution in [3.63, 3.8) is 0 Å². The van der Waals surface area contributed by atoms with Crippen LogP contribution in [-0.2, 0) is 0 Å². The van der Waals surface area contributed by atoms with Crippen LogP contribution in [0.3, 0.4) is 0 Å². The van der Waals surface area contributed by atoms with E-state index in [2.05, 4.69) is 28.7 Å². The van der Waals surface area contributed by atoms with Crippen molar-refractivity contribution in [3.8, 4) is 0 Å². The molecule has 1 aliphatic heterocycles. The zero-order chi connectivity index (χ0) is 14.3. The van der Waals surface area contributed by atoms with Crippen molar-refractivity contribution in [3.05, 3.63) is 28.6 Å². The van der Waals surface area contributed by atoms with Gasteiger partial charge in [0.1, 0.15) is 0 Å². The third kappa shape index (κ3) is 2.03. The lowest BCUT2D eigenvalue weighted by atomic mass is 10.2. The van der Waals surface area contributed by atoms with Crippen LogP contribution in [0.2, 0.25) is 0 Å². The van der Waals surface area contributed by atoms with E-state index in [1.165, 1.54) is 0 Å². The maximum atomic E-state index is 12.2. The fraction of sp³-hybridized carbons (Fsp3) is 0.467. The average Bonchev–Trinajstić information content (AvgIpc) is 2.80. The highest BCUT2D eigenvalue weighted by atomic mass is 16.1. The lowest BCUT2D eigenvalue weighted by Gasteiger charge is -2.28. The van der Waals surface area contributed by atoms with Crippen LogP contribution in [0, 0.1) is 0 Å². The molecule has 106 valence electrons. The molecule has 2 heterocycles. The van der Waals surface area contributed by atoms with E-state index in [0.29, 0.717) is 34.6 Å². The van der Waals surface area contributed by atoms with Gasteiger partial charge in [0.05, 0.1) is 10.9 Å². The summed E-state index contributed by atoms with van der Waals surface area (Å²) in [5.74, 6) is 0.684. The highest BCUT2D eigenvalue weighted by Crippen LogP contribution is 2.29. The summed E-state index contributed by atoms with van der Waals surface area (Å²) in [6, 6.07) is 6.14. The monoisotopic (exact) mass is 272 g/mol. The number of nitrogens with zero attached hydrogens (tertiary/aromatic N) is 2. The number of aromatic nitrogens is 2. The molecule has 5 heteroatoms. The van der Waals surface area contributed by atoms with E-state index in [1.54, 1.807) is 12.1 Å². The summed E-state index contributed by atoms with van der Waals surface area (Å²) in [6.07, 6.45) is 3.36. The van der Waals surface area contributed by atoms with E-state index < -0.39 is 0 Å². The van der Waals surface area contributed by atoms with Crippen molar-refractivity contribution in [2.24, 2.45) is 0 Å². The van der Waals surface area contributed by atoms with Gasteiger partial charge in [0.25, 0.3) is 5.56 Å². The van der Waals surface area contributed by atoms with Gasteiger partial charge in [-0.25, -0.2) is 4.98 Å². The summed E-state index contributed by atoms with van der Waals surface area (Å²) in [5.41, 5.74) is 6.89. The normalized spacial score (nSPS) is 22.6. The molecule has 5 nitrogen and oxygen atoms in total. The fourth-order valence-electron chi connectivity index (χ4n) is 3.12. The van der Waals surface area contributed by atoms with E-state index in [4.69, 9.17) is 5.73 Å². The van der Waals surface area contributed by atoms with Gasteiger partial charge in [0.15, 0.2) is 0 Å². The van der Waals surface area contributed by atoms with Crippen LogP contribution in [0.1, 0.15) is 33.1 Å². The van der Waals surface area contributed by atoms with Crippen molar-refractivity contribution >= 4 is 22.5 Å². The fourth-order valence-corrected chi connectivity index (χ4v) is 3.12. The van der Waals surface area contributed by atoms with Gasteiger partial charge in [-0.2, -0.15) is 0 Å². The highest BCUT2D eigenvalue weighted by Gasteiger charge is 2.31. The van der Waals surface area contributed by atoms with Gasteiger partial charge in [-0.05, 0) is 44.4 Å². The van der Waals surface area contributed by atoms with Gasteiger partial charge in [0.2, 0.25) is 5.95 Å². The van der Waals surface area contributed by atoms with Crippen LogP contribution >= 0.6 is 0 Å². The SMILES string of the molecule is CCC1CCC(C)N1c1nc2ccc(N)cc2c(=O)[nH]1. The number of nitrogen functional groups attached to an aromatic ring is 1. The molecule has 0 amide bonds. The Morgan fingerprint density at radius 3 is 3.00 bits per heavy atom. The first-order chi connectivity index (χ1) is 9.60. The summed E-state index contributed by atoms with van der Waals surface area (Å²) in [4.78, 5) is 22.0. The molecule has 3 rings (SSSR count). The number of benzene rings is 1. The Balaban J connectivity index is 2.13. The summed E-state index contributed by atoms with van der Waals surface area (Å²) in [7, 11) is 0. The Bertz CT molecular complexity index is 694. The molecule has 0 bridgehead atoms. The molecule has 2 aromatic rings. The molecule has 0 spiro atoms. The number of hydrogen-bond acceptors (Lipinski definition) is 4. The minimum Gasteiger partial charge on any atom is -0.399 e. The zero-order valence-electron chi connectivity index (χ0n) is 11.9. The molecule has 0 saturated carbocycles. The molecule has 2 atom stereocenters. The number of aromatic amines is 1. The van der Waals surface area contributed by atoms with Gasteiger partial charge in [-0.15, -0.1) is 0 Å². The molecule has 3 N–H and O–H groups in total. The Kier molecular flexibility index (Phi) is 3.12. The minimum absolute atomic E-state index is 0.119. The first-order valence-electron chi connectivity index (χ1n) is 7.18. The summed E-state index contributed by atoms with van der Waals surface area (Å²) >= 11 is 0. The Morgan fingerprint density at radius 1 is 1.45 bits per heavy atom. The zero-order valence-corrected chi connectivity index (χ0v) is 11.9. The molecular formula is C15H20N4O. The van der Waals surface area contributed by atoms with E-state index in [1.807, 2.05) is 6.07 Å². The standard InChI is InChI=1S/C15H20N4O/c1-3-11-6-4-9(2)19(11)15-17-13-7-5-10(16)8-12(13)14(20)18-15/h5,7-9,11H,3-4,6,16H2,1-2H3,(H,17,18,20). The van der Waals surface area contributed by atoms with Crippen molar-refractivity contribution in [1.82, 2.24) is 9.97 Å². The molecule has 0 aliphatic carbocycles. The van der Waals surface area contributed by atoms with Gasteiger partial charge < -0.3 is 10.6 Å². The second-order valence-corrected chi connectivity index (χ2v) is 5.56. The lowest BCUT2D eigenvalue weighted by molar-refractivity contribution is 0.613. The third-order valence-corrected chi connectivity index (χ3v) is 4.22. The van der Waals surface area contributed by atoms with Crippen LogP contribution in [0.5, 0.6) is 0 Å². The molecule has 2 unspecified atom stereocenters. The van der Waals surface area contributed by atoms with Crippen LogP contribution < -0.4 is 16.2 Å². The van der Waals surface area contributed by atoms with Gasteiger partial charge in [-0.1, -0.05) is 6.92 Å². The molecular weight excluding hydrogens is 252 g/mol. The summed E-state index contributed by atoms with van der Waals surface area (Å²) in [6.45, 7) is 4.36. The number of nitrogens with two attached hydrogens (primary N) is 1. The third-order valence-electron chi connectivity index (χ3n) is 4.22. The Labute approximate surface area is 117 Å². The van der Waals surface area contributed by atoms with E-state index >= 15 is 0 Å². The van der Waals surface area contributed by atoms with E-state index in [9.17, 15) is 4.79 Å². The lowest BCUT2D eigenvalue weighted by Crippen LogP contribution is -2.36. The Morgan fingerprint density at radius 2 is 2.25 bits per heavy atom. The number of rotatable bonds is 2. The summed E-state index contributed by atoms with van der Waals surface area (Å²) < 4.78 is 0. The number of fused-ring (bicyclic) bond motifs is 1. The van der Waals surface area contributed by atoms with Gasteiger partial charge in [0, 0.05) is 17.8 Å². The molecule has 1 saturated heterocycles. The second-order valence-electron chi connectivity index (χ2n) is 5.56. The number of anilines is 2. The van der Waals surface area contributed by atoms with E-state index in [0.717, 1.165) is 19.3 Å². The van der Waals surface area contributed by atoms with E-state index in [-0.39, 0.29) is 5.56 Å². The predicted octanol–water partition coefficient (Wildman–Crippen LogP) is 2.27. The molecule has 1 aromatic heterocycles. The van der Waals surface area contributed by atoms with Gasteiger partial charge >= 0.3 is 0 Å². The number of hydrogen-bond donors (Lipinski definition) is 2. The smallest absolute Gasteiger partial charge is 0.260 e. The van der Waals surface area contributed by atoms with Crippen LogP contribution in [0.15, 0.2) is 23.0 Å². The average molecular weight is 272 g/mol. The maximum Gasteiger partial charge on any atom is 0.260 e. The predicted molar refractivity (Wildman–Crippen MR) is 82.0 cm³/mol. The topological polar surface area (TPSA) is 75.0 Å². The quantitative estimate of drug-likeness (QED) is 0.822. The molecule has 1 fully saturated rings.